The second-order valence-corrected chi connectivity index (χ2v) is 3.73. The Morgan fingerprint density at radius 1 is 0.733 bits per heavy atom. The maximum absolute atomic E-state index is 5.81. The lowest BCUT2D eigenvalue weighted by atomic mass is 10.1. The topological polar surface area (TPSA) is 35.0 Å². The van der Waals surface area contributed by atoms with E-state index in [0.717, 1.165) is 11.4 Å². The minimum absolute atomic E-state index is 0. The fraction of sp³-hybridized carbons (Fsp3) is 0.0769. The van der Waals surface area contributed by atoms with E-state index in [0.29, 0.717) is 0 Å². The number of halogens is 1. The molecule has 0 fully saturated rings. The molecule has 0 atom stereocenters. The smallest absolute Gasteiger partial charge is 0.0406 e. The van der Waals surface area contributed by atoms with E-state index in [-0.39, 0.29) is 6.15 Å². The van der Waals surface area contributed by atoms with Crippen LogP contribution in [0.5, 0.6) is 0 Å². The van der Waals surface area contributed by atoms with Crippen LogP contribution >= 0.6 is 11.6 Å². The van der Waals surface area contributed by atoms with Gasteiger partial charge in [-0.2, -0.15) is 0 Å². The zero-order chi connectivity index (χ0) is 9.80. The van der Waals surface area contributed by atoms with Crippen LogP contribution in [0.3, 0.4) is 0 Å². The molecule has 0 aliphatic heterocycles. The van der Waals surface area contributed by atoms with E-state index < -0.39 is 0 Å². The summed E-state index contributed by atoms with van der Waals surface area (Å²) in [6.45, 7) is 0. The molecular weight excluding hydrogens is 206 g/mol. The van der Waals surface area contributed by atoms with Gasteiger partial charge in [0, 0.05) is 5.02 Å². The summed E-state index contributed by atoms with van der Waals surface area (Å²) in [6.07, 6.45) is 0.970. The highest BCUT2D eigenvalue weighted by Gasteiger charge is 1.94. The van der Waals surface area contributed by atoms with E-state index in [4.69, 9.17) is 11.6 Å². The third kappa shape index (κ3) is 3.39. The molecule has 0 unspecified atom stereocenters. The van der Waals surface area contributed by atoms with Crippen LogP contribution in [0.15, 0.2) is 54.6 Å². The van der Waals surface area contributed by atoms with Crippen molar-refractivity contribution in [3.8, 4) is 0 Å². The van der Waals surface area contributed by atoms with Crippen molar-refractivity contribution in [2.24, 2.45) is 0 Å². The lowest BCUT2D eigenvalue weighted by molar-refractivity contribution is 1.19. The van der Waals surface area contributed by atoms with Crippen molar-refractivity contribution < 1.29 is 0 Å². The standard InChI is InChI=1S/C13H11Cl.H3N/c14-13-8-6-12(7-9-13)10-11-4-2-1-3-5-11;/h1-9H,10H2;1H3. The maximum atomic E-state index is 5.81. The lowest BCUT2D eigenvalue weighted by Crippen LogP contribution is -1.86. The summed E-state index contributed by atoms with van der Waals surface area (Å²) < 4.78 is 0. The summed E-state index contributed by atoms with van der Waals surface area (Å²) in [6, 6.07) is 18.4. The molecule has 0 heterocycles. The second kappa shape index (κ2) is 5.54. The van der Waals surface area contributed by atoms with Gasteiger partial charge in [0.25, 0.3) is 0 Å². The largest absolute Gasteiger partial charge is 0.344 e. The molecule has 2 heteroatoms. The van der Waals surface area contributed by atoms with Crippen LogP contribution in [0.4, 0.5) is 0 Å². The third-order valence-corrected chi connectivity index (χ3v) is 2.42. The van der Waals surface area contributed by atoms with Crippen LogP contribution in [-0.4, -0.2) is 0 Å². The van der Waals surface area contributed by atoms with Gasteiger partial charge in [-0.1, -0.05) is 54.1 Å². The molecule has 3 N–H and O–H groups in total. The monoisotopic (exact) mass is 219 g/mol. The minimum Gasteiger partial charge on any atom is -0.344 e. The van der Waals surface area contributed by atoms with E-state index in [9.17, 15) is 0 Å². The number of hydrogen-bond acceptors (Lipinski definition) is 1. The predicted octanol–water partition coefficient (Wildman–Crippen LogP) is 4.09. The van der Waals surface area contributed by atoms with Crippen molar-refractivity contribution in [2.75, 3.05) is 0 Å². The average molecular weight is 220 g/mol. The van der Waals surface area contributed by atoms with Crippen LogP contribution in [-0.2, 0) is 6.42 Å². The second-order valence-electron chi connectivity index (χ2n) is 3.29. The molecular formula is C13H14ClN. The van der Waals surface area contributed by atoms with Gasteiger partial charge >= 0.3 is 0 Å². The zero-order valence-corrected chi connectivity index (χ0v) is 9.24. The van der Waals surface area contributed by atoms with E-state index in [1.807, 2.05) is 18.2 Å². The first-order valence-corrected chi connectivity index (χ1v) is 5.01. The average Bonchev–Trinajstić information content (AvgIpc) is 2.23. The first-order chi connectivity index (χ1) is 6.84. The summed E-state index contributed by atoms with van der Waals surface area (Å²) in [7, 11) is 0. The van der Waals surface area contributed by atoms with Crippen LogP contribution in [0.25, 0.3) is 0 Å². The third-order valence-electron chi connectivity index (χ3n) is 2.16. The highest BCUT2D eigenvalue weighted by molar-refractivity contribution is 6.30. The molecule has 0 aliphatic rings. The van der Waals surface area contributed by atoms with Crippen molar-refractivity contribution in [1.82, 2.24) is 6.15 Å². The summed E-state index contributed by atoms with van der Waals surface area (Å²) in [5, 5.41) is 0.793. The Labute approximate surface area is 95.3 Å². The van der Waals surface area contributed by atoms with E-state index in [1.165, 1.54) is 11.1 Å². The van der Waals surface area contributed by atoms with Gasteiger partial charge in [0.2, 0.25) is 0 Å². The highest BCUT2D eigenvalue weighted by Crippen LogP contribution is 2.13. The summed E-state index contributed by atoms with van der Waals surface area (Å²) in [5.41, 5.74) is 2.62. The molecule has 0 aliphatic carbocycles. The van der Waals surface area contributed by atoms with Crippen molar-refractivity contribution in [2.45, 2.75) is 6.42 Å². The number of hydrogen-bond donors (Lipinski definition) is 1. The molecule has 78 valence electrons. The first-order valence-electron chi connectivity index (χ1n) is 4.63. The van der Waals surface area contributed by atoms with Gasteiger partial charge in [0.1, 0.15) is 0 Å². The molecule has 0 saturated heterocycles. The van der Waals surface area contributed by atoms with Gasteiger partial charge < -0.3 is 6.15 Å². The molecule has 2 rings (SSSR count). The van der Waals surface area contributed by atoms with Crippen molar-refractivity contribution in [1.29, 1.82) is 0 Å². The summed E-state index contributed by atoms with van der Waals surface area (Å²) in [5.74, 6) is 0. The molecule has 2 aromatic rings. The van der Waals surface area contributed by atoms with E-state index in [1.54, 1.807) is 0 Å². The molecule has 15 heavy (non-hydrogen) atoms. The summed E-state index contributed by atoms with van der Waals surface area (Å²) >= 11 is 5.81. The fourth-order valence-electron chi connectivity index (χ4n) is 1.43. The Balaban J connectivity index is 0.00000112. The molecule has 0 bridgehead atoms. The van der Waals surface area contributed by atoms with Gasteiger partial charge in [-0.15, -0.1) is 0 Å². The van der Waals surface area contributed by atoms with Crippen molar-refractivity contribution in [3.05, 3.63) is 70.7 Å². The van der Waals surface area contributed by atoms with Gasteiger partial charge in [-0.3, -0.25) is 0 Å². The quantitative estimate of drug-likeness (QED) is 0.811. The van der Waals surface area contributed by atoms with Gasteiger partial charge in [-0.05, 0) is 29.7 Å². The fourth-order valence-corrected chi connectivity index (χ4v) is 1.56. The molecule has 0 spiro atoms. The Morgan fingerprint density at radius 3 is 1.87 bits per heavy atom. The Hall–Kier alpha value is -1.31. The molecule has 0 aromatic heterocycles. The highest BCUT2D eigenvalue weighted by atomic mass is 35.5. The molecule has 0 radical (unpaired) electrons. The maximum Gasteiger partial charge on any atom is 0.0406 e. The number of benzene rings is 2. The first kappa shape index (κ1) is 11.8. The molecule has 0 saturated carbocycles. The Morgan fingerprint density at radius 2 is 1.27 bits per heavy atom. The zero-order valence-electron chi connectivity index (χ0n) is 8.49. The minimum atomic E-state index is 0. The van der Waals surface area contributed by atoms with E-state index in [2.05, 4.69) is 36.4 Å². The van der Waals surface area contributed by atoms with Crippen molar-refractivity contribution >= 4 is 11.6 Å². The molecule has 0 amide bonds. The van der Waals surface area contributed by atoms with Crippen molar-refractivity contribution in [3.63, 3.8) is 0 Å². The van der Waals surface area contributed by atoms with Gasteiger partial charge in [-0.25, -0.2) is 0 Å². The summed E-state index contributed by atoms with van der Waals surface area (Å²) in [4.78, 5) is 0. The predicted molar refractivity (Wildman–Crippen MR) is 65.7 cm³/mol. The van der Waals surface area contributed by atoms with E-state index >= 15 is 0 Å². The SMILES string of the molecule is Clc1ccc(Cc2ccccc2)cc1.N. The molecule has 2 aromatic carbocycles. The van der Waals surface area contributed by atoms with Crippen LogP contribution in [0.2, 0.25) is 5.02 Å². The number of rotatable bonds is 2. The van der Waals surface area contributed by atoms with Crippen LogP contribution in [0, 0.1) is 0 Å². The molecule has 1 nitrogen and oxygen atoms in total. The van der Waals surface area contributed by atoms with Gasteiger partial charge in [0.05, 0.1) is 0 Å². The normalized spacial score (nSPS) is 9.40. The van der Waals surface area contributed by atoms with Crippen LogP contribution in [0.1, 0.15) is 11.1 Å². The van der Waals surface area contributed by atoms with Crippen LogP contribution < -0.4 is 6.15 Å². The lowest BCUT2D eigenvalue weighted by Gasteiger charge is -2.01. The van der Waals surface area contributed by atoms with Gasteiger partial charge in [0.15, 0.2) is 0 Å². The Kier molecular flexibility index (Phi) is 4.35. The Bertz CT molecular complexity index is 395.